The number of benzene rings is 1. The van der Waals surface area contributed by atoms with Gasteiger partial charge < -0.3 is 19.5 Å². The summed E-state index contributed by atoms with van der Waals surface area (Å²) in [5.41, 5.74) is 0.269. The lowest BCUT2D eigenvalue weighted by Gasteiger charge is -2.16. The van der Waals surface area contributed by atoms with Crippen LogP contribution in [0.25, 0.3) is 0 Å². The number of aromatic nitrogens is 2. The molecule has 0 bridgehead atoms. The smallest absolute Gasteiger partial charge is 0.339 e. The molecule has 2 aromatic rings. The number of carbonyl (C=O) groups excluding carboxylic acids is 2. The molecule has 0 radical (unpaired) electrons. The highest BCUT2D eigenvalue weighted by molar-refractivity contribution is 5.97. The zero-order chi connectivity index (χ0) is 21.6. The summed E-state index contributed by atoms with van der Waals surface area (Å²) in [4.78, 5) is 24.9. The van der Waals surface area contributed by atoms with Crippen LogP contribution < -0.4 is 14.8 Å². The molecule has 1 aromatic heterocycles. The van der Waals surface area contributed by atoms with Crippen LogP contribution in [0.4, 0.5) is 5.82 Å². The Balaban J connectivity index is 2.03. The van der Waals surface area contributed by atoms with E-state index in [1.165, 1.54) is 20.1 Å². The second-order valence-electron chi connectivity index (χ2n) is 7.36. The minimum atomic E-state index is -0.985. The zero-order valence-electron chi connectivity index (χ0n) is 17.8. The number of anilines is 1. The third-order valence-corrected chi connectivity index (χ3v) is 4.04. The number of nitrogens with one attached hydrogen (secondary N) is 1. The SMILES string of the molecule is COc1cc(C(=O)O[C@H](C)C(=O)Nc2ccnn2C(C)C)ccc1OCC(C)C. The maximum absolute atomic E-state index is 12.5. The maximum atomic E-state index is 12.5. The lowest BCUT2D eigenvalue weighted by atomic mass is 10.2. The Morgan fingerprint density at radius 3 is 2.45 bits per heavy atom. The highest BCUT2D eigenvalue weighted by atomic mass is 16.5. The first kappa shape index (κ1) is 22.3. The molecule has 1 heterocycles. The summed E-state index contributed by atoms with van der Waals surface area (Å²) in [7, 11) is 1.50. The zero-order valence-corrected chi connectivity index (χ0v) is 17.8. The van der Waals surface area contributed by atoms with Crippen molar-refractivity contribution < 1.29 is 23.8 Å². The summed E-state index contributed by atoms with van der Waals surface area (Å²) in [6, 6.07) is 6.55. The Hall–Kier alpha value is -3.03. The average molecular weight is 403 g/mol. The predicted octanol–water partition coefficient (Wildman–Crippen LogP) is 3.69. The van der Waals surface area contributed by atoms with Gasteiger partial charge in [0.2, 0.25) is 0 Å². The van der Waals surface area contributed by atoms with Crippen molar-refractivity contribution in [3.8, 4) is 11.5 Å². The van der Waals surface area contributed by atoms with Gasteiger partial charge >= 0.3 is 5.97 Å². The van der Waals surface area contributed by atoms with Crippen LogP contribution in [0.1, 0.15) is 51.0 Å². The molecule has 1 amide bonds. The number of hydrogen-bond acceptors (Lipinski definition) is 6. The highest BCUT2D eigenvalue weighted by Gasteiger charge is 2.21. The number of methoxy groups -OCH3 is 1. The molecule has 8 nitrogen and oxygen atoms in total. The first-order chi connectivity index (χ1) is 13.7. The number of esters is 1. The van der Waals surface area contributed by atoms with Gasteiger partial charge in [-0.05, 0) is 44.9 Å². The van der Waals surface area contributed by atoms with E-state index in [1.807, 2.05) is 27.7 Å². The van der Waals surface area contributed by atoms with Crippen LogP contribution in [0.3, 0.4) is 0 Å². The summed E-state index contributed by atoms with van der Waals surface area (Å²) < 4.78 is 18.0. The van der Waals surface area contributed by atoms with Crippen molar-refractivity contribution in [2.75, 3.05) is 19.0 Å². The van der Waals surface area contributed by atoms with E-state index >= 15 is 0 Å². The van der Waals surface area contributed by atoms with Crippen molar-refractivity contribution in [2.45, 2.75) is 46.8 Å². The molecule has 0 saturated heterocycles. The highest BCUT2D eigenvalue weighted by Crippen LogP contribution is 2.29. The Kier molecular flexibility index (Phi) is 7.64. The fourth-order valence-electron chi connectivity index (χ4n) is 2.50. The summed E-state index contributed by atoms with van der Waals surface area (Å²) in [5, 5.41) is 6.89. The van der Waals surface area contributed by atoms with Gasteiger partial charge in [-0.2, -0.15) is 5.10 Å². The largest absolute Gasteiger partial charge is 0.493 e. The Bertz CT molecular complexity index is 845. The molecule has 8 heteroatoms. The summed E-state index contributed by atoms with van der Waals surface area (Å²) in [6.07, 6.45) is 0.613. The molecule has 1 N–H and O–H groups in total. The molecule has 0 aliphatic heterocycles. The third-order valence-electron chi connectivity index (χ3n) is 4.04. The van der Waals surface area contributed by atoms with E-state index in [2.05, 4.69) is 10.4 Å². The molecule has 1 aromatic carbocycles. The van der Waals surface area contributed by atoms with E-state index in [0.717, 1.165) is 0 Å². The molecule has 0 saturated carbocycles. The van der Waals surface area contributed by atoms with E-state index in [1.54, 1.807) is 29.1 Å². The topological polar surface area (TPSA) is 91.7 Å². The van der Waals surface area contributed by atoms with Crippen molar-refractivity contribution in [3.05, 3.63) is 36.0 Å². The molecule has 29 heavy (non-hydrogen) atoms. The second-order valence-corrected chi connectivity index (χ2v) is 7.36. The first-order valence-electron chi connectivity index (χ1n) is 9.59. The van der Waals surface area contributed by atoms with Crippen LogP contribution in [0.2, 0.25) is 0 Å². The standard InChI is InChI=1S/C21H29N3O5/c1-13(2)12-28-17-8-7-16(11-18(17)27-6)21(26)29-15(5)20(25)23-19-9-10-22-24(19)14(3)4/h7-11,13-15H,12H2,1-6H3,(H,23,25)/t15-/m1/s1. The number of ether oxygens (including phenoxy) is 3. The summed E-state index contributed by atoms with van der Waals surface area (Å²) >= 11 is 0. The molecular formula is C21H29N3O5. The number of rotatable bonds is 9. The van der Waals surface area contributed by atoms with Crippen LogP contribution in [-0.4, -0.2) is 41.5 Å². The number of nitrogens with zero attached hydrogens (tertiary/aromatic N) is 2. The third kappa shape index (κ3) is 5.97. The number of hydrogen-bond donors (Lipinski definition) is 1. The van der Waals surface area contributed by atoms with Crippen molar-refractivity contribution in [2.24, 2.45) is 5.92 Å². The van der Waals surface area contributed by atoms with Crippen LogP contribution in [0.15, 0.2) is 30.5 Å². The van der Waals surface area contributed by atoms with Gasteiger partial charge in [-0.25, -0.2) is 9.48 Å². The van der Waals surface area contributed by atoms with Crippen LogP contribution >= 0.6 is 0 Å². The molecule has 0 fully saturated rings. The molecule has 0 aliphatic rings. The van der Waals surface area contributed by atoms with Gasteiger partial charge in [0.25, 0.3) is 5.91 Å². The Morgan fingerprint density at radius 2 is 1.83 bits per heavy atom. The molecular weight excluding hydrogens is 374 g/mol. The van der Waals surface area contributed by atoms with E-state index in [-0.39, 0.29) is 11.6 Å². The van der Waals surface area contributed by atoms with Crippen molar-refractivity contribution in [1.82, 2.24) is 9.78 Å². The van der Waals surface area contributed by atoms with Gasteiger partial charge in [0.15, 0.2) is 17.6 Å². The molecule has 2 rings (SSSR count). The van der Waals surface area contributed by atoms with Gasteiger partial charge in [0.1, 0.15) is 5.82 Å². The van der Waals surface area contributed by atoms with Crippen molar-refractivity contribution in [1.29, 1.82) is 0 Å². The van der Waals surface area contributed by atoms with Crippen molar-refractivity contribution >= 4 is 17.7 Å². The first-order valence-corrected chi connectivity index (χ1v) is 9.59. The second kappa shape index (κ2) is 9.95. The lowest BCUT2D eigenvalue weighted by Crippen LogP contribution is -2.31. The molecule has 0 unspecified atom stereocenters. The fourth-order valence-corrected chi connectivity index (χ4v) is 2.50. The quantitative estimate of drug-likeness (QED) is 0.642. The maximum Gasteiger partial charge on any atom is 0.339 e. The van der Waals surface area contributed by atoms with Gasteiger partial charge in [-0.3, -0.25) is 4.79 Å². The summed E-state index contributed by atoms with van der Waals surface area (Å²) in [5.74, 6) is 0.809. The Labute approximate surface area is 171 Å². The van der Waals surface area contributed by atoms with Gasteiger partial charge in [-0.1, -0.05) is 13.8 Å². The van der Waals surface area contributed by atoms with Crippen LogP contribution in [0.5, 0.6) is 11.5 Å². The number of amides is 1. The molecule has 0 aliphatic carbocycles. The molecule has 158 valence electrons. The van der Waals surface area contributed by atoms with E-state index in [4.69, 9.17) is 14.2 Å². The van der Waals surface area contributed by atoms with Gasteiger partial charge in [-0.15, -0.1) is 0 Å². The molecule has 1 atom stereocenters. The molecule has 0 spiro atoms. The van der Waals surface area contributed by atoms with E-state index in [0.29, 0.717) is 29.8 Å². The average Bonchev–Trinajstić information content (AvgIpc) is 3.14. The van der Waals surface area contributed by atoms with Crippen LogP contribution in [0, 0.1) is 5.92 Å². The fraction of sp³-hybridized carbons (Fsp3) is 0.476. The monoisotopic (exact) mass is 403 g/mol. The minimum Gasteiger partial charge on any atom is -0.493 e. The van der Waals surface area contributed by atoms with Gasteiger partial charge in [0.05, 0.1) is 25.5 Å². The van der Waals surface area contributed by atoms with Gasteiger partial charge in [0, 0.05) is 12.1 Å². The predicted molar refractivity (Wildman–Crippen MR) is 109 cm³/mol. The normalized spacial score (nSPS) is 12.0. The number of carbonyl (C=O) groups is 2. The van der Waals surface area contributed by atoms with Crippen molar-refractivity contribution in [3.63, 3.8) is 0 Å². The van der Waals surface area contributed by atoms with E-state index < -0.39 is 18.0 Å². The lowest BCUT2D eigenvalue weighted by molar-refractivity contribution is -0.123. The van der Waals surface area contributed by atoms with E-state index in [9.17, 15) is 9.59 Å². The minimum absolute atomic E-state index is 0.0852. The van der Waals surface area contributed by atoms with Crippen LogP contribution in [-0.2, 0) is 9.53 Å². The summed E-state index contributed by atoms with van der Waals surface area (Å²) in [6.45, 7) is 10.0. The Morgan fingerprint density at radius 1 is 1.10 bits per heavy atom.